The molecule has 3 amide bonds. The normalized spacial score (nSPS) is 21.1. The highest BCUT2D eigenvalue weighted by Crippen LogP contribution is 2.11. The summed E-state index contributed by atoms with van der Waals surface area (Å²) < 4.78 is 0. The number of hydrogen-bond donors (Lipinski definition) is 2. The van der Waals surface area contributed by atoms with Gasteiger partial charge < -0.3 is 5.32 Å². The smallest absolute Gasteiger partial charge is 0.321 e. The molecule has 13 heavy (non-hydrogen) atoms. The van der Waals surface area contributed by atoms with Crippen molar-refractivity contribution in [2.45, 2.75) is 6.04 Å². The molecule has 1 aliphatic rings. The Kier molecular flexibility index (Phi) is 1.66. The molecule has 2 heterocycles. The number of urea groups is 1. The first kappa shape index (κ1) is 7.66. The van der Waals surface area contributed by atoms with Crippen molar-refractivity contribution < 1.29 is 9.59 Å². The zero-order valence-electron chi connectivity index (χ0n) is 6.52. The van der Waals surface area contributed by atoms with E-state index in [-0.39, 0.29) is 0 Å². The van der Waals surface area contributed by atoms with E-state index in [9.17, 15) is 9.59 Å². The molecule has 1 saturated heterocycles. The predicted octanol–water partition coefficient (Wildman–Crippen LogP) is -0.643. The zero-order chi connectivity index (χ0) is 9.26. The first-order valence-corrected chi connectivity index (χ1v) is 3.64. The van der Waals surface area contributed by atoms with Crippen LogP contribution in [0.3, 0.4) is 0 Å². The van der Waals surface area contributed by atoms with Gasteiger partial charge in [-0.05, 0) is 0 Å². The van der Waals surface area contributed by atoms with Crippen LogP contribution in [0.2, 0.25) is 0 Å². The molecule has 0 saturated carbocycles. The lowest BCUT2D eigenvalue weighted by atomic mass is 10.2. The lowest BCUT2D eigenvalue weighted by molar-refractivity contribution is -0.120. The Hall–Kier alpha value is -1.98. The van der Waals surface area contributed by atoms with Crippen LogP contribution in [0, 0.1) is 0 Å². The molecule has 1 aliphatic heterocycles. The minimum Gasteiger partial charge on any atom is -0.321 e. The fraction of sp³-hybridized carbons (Fsp3) is 0.143. The summed E-state index contributed by atoms with van der Waals surface area (Å²) in [6.45, 7) is 0. The Balaban J connectivity index is 2.28. The standard InChI is InChI=1S/C7H6N4O2/c12-6-5(10-7(13)11-6)4-3-8-1-2-9-4/h1-3,5H,(H2,10,11,12,13)/t5-/m0/s1. The van der Waals surface area contributed by atoms with Crippen LogP contribution in [0.15, 0.2) is 18.6 Å². The Morgan fingerprint density at radius 1 is 1.31 bits per heavy atom. The molecule has 1 fully saturated rings. The highest BCUT2D eigenvalue weighted by Gasteiger charge is 2.31. The number of aromatic nitrogens is 2. The van der Waals surface area contributed by atoms with E-state index in [1.165, 1.54) is 18.6 Å². The molecule has 0 aliphatic carbocycles. The van der Waals surface area contributed by atoms with E-state index in [0.717, 1.165) is 0 Å². The molecule has 6 heteroatoms. The van der Waals surface area contributed by atoms with Gasteiger partial charge >= 0.3 is 6.03 Å². The molecule has 1 aromatic heterocycles. The number of carbonyl (C=O) groups is 2. The first-order valence-electron chi connectivity index (χ1n) is 3.64. The molecule has 2 rings (SSSR count). The first-order chi connectivity index (χ1) is 6.27. The van der Waals surface area contributed by atoms with E-state index in [1.54, 1.807) is 0 Å². The number of hydrogen-bond acceptors (Lipinski definition) is 4. The van der Waals surface area contributed by atoms with Crippen LogP contribution >= 0.6 is 0 Å². The fourth-order valence-electron chi connectivity index (χ4n) is 1.08. The van der Waals surface area contributed by atoms with Crippen molar-refractivity contribution in [1.82, 2.24) is 20.6 Å². The van der Waals surface area contributed by atoms with Crippen molar-refractivity contribution in [3.63, 3.8) is 0 Å². The highest BCUT2D eigenvalue weighted by atomic mass is 16.2. The predicted molar refractivity (Wildman–Crippen MR) is 41.4 cm³/mol. The van der Waals surface area contributed by atoms with Gasteiger partial charge in [0.1, 0.15) is 0 Å². The van der Waals surface area contributed by atoms with E-state index in [4.69, 9.17) is 0 Å². The largest absolute Gasteiger partial charge is 0.322 e. The number of rotatable bonds is 1. The summed E-state index contributed by atoms with van der Waals surface area (Å²) in [6.07, 6.45) is 4.40. The molecular weight excluding hydrogens is 172 g/mol. The fourth-order valence-corrected chi connectivity index (χ4v) is 1.08. The lowest BCUT2D eigenvalue weighted by Crippen LogP contribution is -2.22. The van der Waals surface area contributed by atoms with Gasteiger partial charge in [-0.1, -0.05) is 0 Å². The maximum absolute atomic E-state index is 11.1. The van der Waals surface area contributed by atoms with E-state index in [0.29, 0.717) is 5.69 Å². The second-order valence-corrected chi connectivity index (χ2v) is 2.53. The molecule has 6 nitrogen and oxygen atoms in total. The Morgan fingerprint density at radius 2 is 2.15 bits per heavy atom. The summed E-state index contributed by atoms with van der Waals surface area (Å²) in [5, 5.41) is 4.53. The van der Waals surface area contributed by atoms with Gasteiger partial charge in [-0.25, -0.2) is 4.79 Å². The lowest BCUT2D eigenvalue weighted by Gasteiger charge is -2.03. The minimum atomic E-state index is -0.707. The highest BCUT2D eigenvalue weighted by molar-refractivity contribution is 6.04. The molecule has 0 spiro atoms. The van der Waals surface area contributed by atoms with Crippen LogP contribution in [0.5, 0.6) is 0 Å². The van der Waals surface area contributed by atoms with Gasteiger partial charge in [0.2, 0.25) is 0 Å². The summed E-state index contributed by atoms with van der Waals surface area (Å²) in [4.78, 5) is 29.6. The van der Waals surface area contributed by atoms with Crippen molar-refractivity contribution in [3.8, 4) is 0 Å². The van der Waals surface area contributed by atoms with Gasteiger partial charge in [0, 0.05) is 12.4 Å². The summed E-state index contributed by atoms with van der Waals surface area (Å²) in [6, 6.07) is -1.21. The molecule has 1 atom stereocenters. The summed E-state index contributed by atoms with van der Waals surface area (Å²) >= 11 is 0. The number of nitrogens with one attached hydrogen (secondary N) is 2. The topological polar surface area (TPSA) is 84.0 Å². The second-order valence-electron chi connectivity index (χ2n) is 2.53. The Labute approximate surface area is 73.4 Å². The molecular formula is C7H6N4O2. The van der Waals surface area contributed by atoms with Gasteiger partial charge in [0.25, 0.3) is 5.91 Å². The Bertz CT molecular complexity index is 351. The van der Waals surface area contributed by atoms with Crippen LogP contribution in [0.1, 0.15) is 11.7 Å². The van der Waals surface area contributed by atoms with Crippen LogP contribution in [0.25, 0.3) is 0 Å². The molecule has 1 aromatic rings. The quantitative estimate of drug-likeness (QED) is 0.560. The molecule has 0 radical (unpaired) electrons. The van der Waals surface area contributed by atoms with Gasteiger partial charge in [-0.3, -0.25) is 20.1 Å². The van der Waals surface area contributed by atoms with Gasteiger partial charge in [0.05, 0.1) is 11.9 Å². The van der Waals surface area contributed by atoms with Crippen LogP contribution < -0.4 is 10.6 Å². The third-order valence-electron chi connectivity index (χ3n) is 1.65. The summed E-state index contributed by atoms with van der Waals surface area (Å²) in [7, 11) is 0. The molecule has 2 N–H and O–H groups in total. The molecule has 0 unspecified atom stereocenters. The van der Waals surface area contributed by atoms with Crippen molar-refractivity contribution in [2.75, 3.05) is 0 Å². The average molecular weight is 178 g/mol. The number of amides is 3. The van der Waals surface area contributed by atoms with Gasteiger partial charge in [0.15, 0.2) is 6.04 Å². The van der Waals surface area contributed by atoms with Crippen molar-refractivity contribution >= 4 is 11.9 Å². The van der Waals surface area contributed by atoms with Crippen molar-refractivity contribution in [3.05, 3.63) is 24.3 Å². The second kappa shape index (κ2) is 2.81. The van der Waals surface area contributed by atoms with Gasteiger partial charge in [-0.2, -0.15) is 0 Å². The van der Waals surface area contributed by atoms with Gasteiger partial charge in [-0.15, -0.1) is 0 Å². The van der Waals surface area contributed by atoms with E-state index in [2.05, 4.69) is 20.6 Å². The van der Waals surface area contributed by atoms with Crippen LogP contribution in [-0.4, -0.2) is 21.9 Å². The molecule has 0 bridgehead atoms. The SMILES string of the molecule is O=C1NC(=O)[C@H](c2cnccn2)N1. The average Bonchev–Trinajstić information content (AvgIpc) is 2.47. The molecule has 66 valence electrons. The Morgan fingerprint density at radius 3 is 2.69 bits per heavy atom. The van der Waals surface area contributed by atoms with Crippen molar-refractivity contribution in [2.24, 2.45) is 0 Å². The number of nitrogens with zero attached hydrogens (tertiary/aromatic N) is 2. The molecule has 0 aromatic carbocycles. The zero-order valence-corrected chi connectivity index (χ0v) is 6.52. The van der Waals surface area contributed by atoms with Crippen molar-refractivity contribution in [1.29, 1.82) is 0 Å². The minimum absolute atomic E-state index is 0.398. The number of imide groups is 1. The third-order valence-corrected chi connectivity index (χ3v) is 1.65. The summed E-state index contributed by atoms with van der Waals surface area (Å²) in [5.41, 5.74) is 0.436. The monoisotopic (exact) mass is 178 g/mol. The number of carbonyl (C=O) groups excluding carboxylic acids is 2. The maximum atomic E-state index is 11.1. The maximum Gasteiger partial charge on any atom is 0.322 e. The summed E-state index contributed by atoms with van der Waals surface area (Å²) in [5.74, 6) is -0.398. The van der Waals surface area contributed by atoms with Crippen LogP contribution in [-0.2, 0) is 4.79 Å². The van der Waals surface area contributed by atoms with E-state index < -0.39 is 18.0 Å². The van der Waals surface area contributed by atoms with Crippen LogP contribution in [0.4, 0.5) is 4.79 Å². The third kappa shape index (κ3) is 1.33. The van der Waals surface area contributed by atoms with E-state index in [1.807, 2.05) is 0 Å². The van der Waals surface area contributed by atoms with E-state index >= 15 is 0 Å².